The third-order valence-electron chi connectivity index (χ3n) is 5.47. The van der Waals surface area contributed by atoms with Crippen LogP contribution in [0.15, 0.2) is 24.3 Å². The number of tetrazole rings is 1. The van der Waals surface area contributed by atoms with E-state index in [0.717, 1.165) is 48.6 Å². The van der Waals surface area contributed by atoms with Crippen LogP contribution in [0, 0.1) is 6.92 Å². The highest BCUT2D eigenvalue weighted by molar-refractivity contribution is 6.30. The van der Waals surface area contributed by atoms with Crippen molar-refractivity contribution in [2.45, 2.75) is 32.4 Å². The number of nitrogens with one attached hydrogen (secondary N) is 1. The molecule has 1 saturated heterocycles. The number of halogens is 1. The molecule has 0 amide bonds. The van der Waals surface area contributed by atoms with Gasteiger partial charge >= 0.3 is 0 Å². The highest BCUT2D eigenvalue weighted by Crippen LogP contribution is 2.38. The number of rotatable bonds is 5. The van der Waals surface area contributed by atoms with Crippen molar-refractivity contribution in [1.29, 1.82) is 0 Å². The number of benzene rings is 1. The van der Waals surface area contributed by atoms with Crippen molar-refractivity contribution in [3.05, 3.63) is 35.2 Å². The van der Waals surface area contributed by atoms with Gasteiger partial charge in [-0.1, -0.05) is 17.7 Å². The second-order valence-corrected chi connectivity index (χ2v) is 8.02. The van der Waals surface area contributed by atoms with Crippen LogP contribution in [0.1, 0.15) is 31.3 Å². The van der Waals surface area contributed by atoms with Crippen LogP contribution in [0.2, 0.25) is 5.15 Å². The molecule has 11 heteroatoms. The van der Waals surface area contributed by atoms with Crippen molar-refractivity contribution >= 4 is 34.1 Å². The van der Waals surface area contributed by atoms with E-state index in [-0.39, 0.29) is 6.23 Å². The van der Waals surface area contributed by atoms with Crippen molar-refractivity contribution in [3.8, 4) is 17.1 Å². The molecule has 0 bridgehead atoms. The predicted octanol–water partition coefficient (Wildman–Crippen LogP) is 4.03. The fourth-order valence-corrected chi connectivity index (χ4v) is 4.27. The summed E-state index contributed by atoms with van der Waals surface area (Å²) in [5.41, 5.74) is 3.57. The third kappa shape index (κ3) is 3.65. The molecule has 0 radical (unpaired) electrons. The number of ether oxygens (including phenoxy) is 2. The average molecular weight is 455 g/mol. The number of aryl methyl sites for hydroxylation is 2. The zero-order chi connectivity index (χ0) is 22.2. The van der Waals surface area contributed by atoms with E-state index in [9.17, 15) is 0 Å². The zero-order valence-corrected chi connectivity index (χ0v) is 18.8. The molecule has 0 saturated carbocycles. The summed E-state index contributed by atoms with van der Waals surface area (Å²) in [4.78, 5) is 10.8. The second kappa shape index (κ2) is 8.36. The fourth-order valence-electron chi connectivity index (χ4n) is 4.08. The molecule has 1 aromatic carbocycles. The number of methoxy groups -OCH3 is 1. The minimum Gasteiger partial charge on any atom is -0.494 e. The van der Waals surface area contributed by atoms with Crippen LogP contribution in [-0.2, 0) is 11.8 Å². The van der Waals surface area contributed by atoms with Gasteiger partial charge in [0.1, 0.15) is 22.7 Å². The normalized spacial score (nSPS) is 16.4. The quantitative estimate of drug-likeness (QED) is 0.450. The number of fused-ring (bicyclic) bond motifs is 1. The predicted molar refractivity (Wildman–Crippen MR) is 120 cm³/mol. The lowest BCUT2D eigenvalue weighted by molar-refractivity contribution is -0.0309. The molecule has 1 aliphatic rings. The smallest absolute Gasteiger partial charge is 0.208 e. The van der Waals surface area contributed by atoms with Gasteiger partial charge in [-0.25, -0.2) is 9.97 Å². The van der Waals surface area contributed by atoms with Crippen molar-refractivity contribution in [2.75, 3.05) is 19.0 Å². The van der Waals surface area contributed by atoms with E-state index in [1.54, 1.807) is 20.2 Å². The zero-order valence-electron chi connectivity index (χ0n) is 18.0. The summed E-state index contributed by atoms with van der Waals surface area (Å²) in [5, 5.41) is 16.1. The van der Waals surface area contributed by atoms with Gasteiger partial charge in [0.05, 0.1) is 31.1 Å². The molecule has 5 rings (SSSR count). The Hall–Kier alpha value is -3.24. The Bertz CT molecular complexity index is 1280. The van der Waals surface area contributed by atoms with Crippen molar-refractivity contribution < 1.29 is 9.47 Å². The summed E-state index contributed by atoms with van der Waals surface area (Å²) >= 11 is 6.42. The van der Waals surface area contributed by atoms with Gasteiger partial charge in [0.15, 0.2) is 11.4 Å². The number of aromatic nitrogens is 7. The maximum atomic E-state index is 6.42. The molecule has 166 valence electrons. The van der Waals surface area contributed by atoms with E-state index in [4.69, 9.17) is 26.1 Å². The van der Waals surface area contributed by atoms with Crippen LogP contribution >= 0.6 is 11.6 Å². The monoisotopic (exact) mass is 454 g/mol. The minimum atomic E-state index is -0.0897. The Morgan fingerprint density at radius 3 is 2.81 bits per heavy atom. The summed E-state index contributed by atoms with van der Waals surface area (Å²) in [5.74, 6) is 1.89. The van der Waals surface area contributed by atoms with Gasteiger partial charge in [-0.05, 0) is 43.5 Å². The Morgan fingerprint density at radius 2 is 2.09 bits per heavy atom. The van der Waals surface area contributed by atoms with Gasteiger partial charge in [0, 0.05) is 12.7 Å². The summed E-state index contributed by atoms with van der Waals surface area (Å²) in [6, 6.07) is 7.45. The van der Waals surface area contributed by atoms with Gasteiger partial charge in [0.2, 0.25) is 5.82 Å². The molecular formula is C21H23ClN8O2. The highest BCUT2D eigenvalue weighted by Gasteiger charge is 2.24. The first-order valence-corrected chi connectivity index (χ1v) is 10.8. The molecule has 1 atom stereocenters. The Morgan fingerprint density at radius 1 is 1.22 bits per heavy atom. The van der Waals surface area contributed by atoms with Crippen LogP contribution in [0.5, 0.6) is 5.75 Å². The lowest BCUT2D eigenvalue weighted by Gasteiger charge is -2.25. The number of imidazole rings is 1. The maximum Gasteiger partial charge on any atom is 0.208 e. The molecule has 1 unspecified atom stereocenters. The third-order valence-corrected chi connectivity index (χ3v) is 5.67. The molecule has 1 N–H and O–H groups in total. The summed E-state index contributed by atoms with van der Waals surface area (Å²) in [7, 11) is 3.32. The molecule has 0 aliphatic carbocycles. The molecule has 4 heterocycles. The van der Waals surface area contributed by atoms with E-state index in [1.165, 1.54) is 4.80 Å². The first-order valence-electron chi connectivity index (χ1n) is 10.4. The van der Waals surface area contributed by atoms with E-state index < -0.39 is 0 Å². The van der Waals surface area contributed by atoms with Gasteiger partial charge in [0.25, 0.3) is 0 Å². The number of hydrogen-bond donors (Lipinski definition) is 1. The van der Waals surface area contributed by atoms with Gasteiger partial charge in [-0.15, -0.1) is 10.2 Å². The van der Waals surface area contributed by atoms with Gasteiger partial charge in [-0.3, -0.25) is 4.57 Å². The topological polar surface area (TPSA) is 105 Å². The standard InChI is InChI=1S/C21H23ClN8O2/c1-12-23-18-15(11-16(22)25-21(18)30(12)17-9-4-5-10-32-17)24-14-8-6-7-13(19(14)31-3)20-26-28-29(2)27-20/h6-8,11,17H,4-5,9-10H2,1-3H3,(H,24,25). The van der Waals surface area contributed by atoms with E-state index in [1.807, 2.05) is 29.7 Å². The Kier molecular flexibility index (Phi) is 5.40. The number of para-hydroxylation sites is 1. The van der Waals surface area contributed by atoms with Crippen LogP contribution < -0.4 is 10.1 Å². The lowest BCUT2D eigenvalue weighted by atomic mass is 10.1. The van der Waals surface area contributed by atoms with E-state index in [2.05, 4.69) is 25.7 Å². The number of hydrogen-bond acceptors (Lipinski definition) is 8. The molecule has 32 heavy (non-hydrogen) atoms. The van der Waals surface area contributed by atoms with Crippen LogP contribution in [-0.4, -0.2) is 48.5 Å². The molecule has 1 fully saturated rings. The highest BCUT2D eigenvalue weighted by atomic mass is 35.5. The molecule has 4 aromatic rings. The summed E-state index contributed by atoms with van der Waals surface area (Å²) in [6.07, 6.45) is 3.01. The van der Waals surface area contributed by atoms with Crippen LogP contribution in [0.25, 0.3) is 22.6 Å². The molecular weight excluding hydrogens is 432 g/mol. The Balaban J connectivity index is 1.59. The fraction of sp³-hybridized carbons (Fsp3) is 0.381. The Labute approximate surface area is 189 Å². The lowest BCUT2D eigenvalue weighted by Crippen LogP contribution is -2.19. The van der Waals surface area contributed by atoms with E-state index >= 15 is 0 Å². The average Bonchev–Trinajstić information content (AvgIpc) is 3.36. The van der Waals surface area contributed by atoms with Gasteiger partial charge < -0.3 is 14.8 Å². The van der Waals surface area contributed by atoms with Crippen molar-refractivity contribution in [2.24, 2.45) is 7.05 Å². The minimum absolute atomic E-state index is 0.0897. The summed E-state index contributed by atoms with van der Waals surface area (Å²) < 4.78 is 13.7. The van der Waals surface area contributed by atoms with Crippen LogP contribution in [0.3, 0.4) is 0 Å². The largest absolute Gasteiger partial charge is 0.494 e. The molecule has 0 spiro atoms. The second-order valence-electron chi connectivity index (χ2n) is 7.63. The van der Waals surface area contributed by atoms with E-state index in [0.29, 0.717) is 27.9 Å². The molecule has 1 aliphatic heterocycles. The number of anilines is 2. The SMILES string of the molecule is COc1c(Nc2cc(Cl)nc3c2nc(C)n3C2CCCCO2)cccc1-c1nnn(C)n1. The molecule has 10 nitrogen and oxygen atoms in total. The van der Waals surface area contributed by atoms with Crippen LogP contribution in [0.4, 0.5) is 11.4 Å². The molecule has 3 aromatic heterocycles. The first kappa shape index (κ1) is 20.7. The number of pyridine rings is 1. The summed E-state index contributed by atoms with van der Waals surface area (Å²) in [6.45, 7) is 2.69. The maximum absolute atomic E-state index is 6.42. The van der Waals surface area contributed by atoms with Crippen molar-refractivity contribution in [3.63, 3.8) is 0 Å². The first-order chi connectivity index (χ1) is 15.5. The van der Waals surface area contributed by atoms with Gasteiger partial charge in [-0.2, -0.15) is 4.80 Å². The van der Waals surface area contributed by atoms with Crippen molar-refractivity contribution in [1.82, 2.24) is 34.7 Å². The number of nitrogens with zero attached hydrogens (tertiary/aromatic N) is 7.